The van der Waals surface area contributed by atoms with E-state index in [0.717, 1.165) is 11.4 Å². The van der Waals surface area contributed by atoms with E-state index in [4.69, 9.17) is 9.84 Å². The minimum atomic E-state index is -0.795. The van der Waals surface area contributed by atoms with E-state index in [2.05, 4.69) is 5.32 Å². The van der Waals surface area contributed by atoms with E-state index in [1.165, 1.54) is 0 Å². The van der Waals surface area contributed by atoms with Gasteiger partial charge in [-0.25, -0.2) is 0 Å². The maximum Gasteiger partial charge on any atom is 0.308 e. The third-order valence-electron chi connectivity index (χ3n) is 2.12. The molecule has 2 N–H and O–H groups in total. The summed E-state index contributed by atoms with van der Waals surface area (Å²) in [6, 6.07) is 7.36. The van der Waals surface area contributed by atoms with Gasteiger partial charge in [-0.05, 0) is 24.3 Å². The average Bonchev–Trinajstić information content (AvgIpc) is 2.26. The van der Waals surface area contributed by atoms with Crippen LogP contribution in [-0.2, 0) is 4.79 Å². The van der Waals surface area contributed by atoms with Crippen LogP contribution in [-0.4, -0.2) is 24.7 Å². The molecule has 1 rings (SSSR count). The molecule has 0 saturated heterocycles. The normalized spacial score (nSPS) is 11.9. The van der Waals surface area contributed by atoms with Gasteiger partial charge < -0.3 is 15.2 Å². The molecular formula is C11H15NO3. The van der Waals surface area contributed by atoms with Gasteiger partial charge in [0, 0.05) is 12.2 Å². The lowest BCUT2D eigenvalue weighted by Gasteiger charge is -2.09. The molecule has 0 aliphatic heterocycles. The fraction of sp³-hybridized carbons (Fsp3) is 0.364. The van der Waals surface area contributed by atoms with Crippen LogP contribution in [0.25, 0.3) is 0 Å². The number of ether oxygens (including phenoxy) is 1. The van der Waals surface area contributed by atoms with E-state index >= 15 is 0 Å². The Bertz CT molecular complexity index is 321. The van der Waals surface area contributed by atoms with Crippen molar-refractivity contribution in [2.45, 2.75) is 6.92 Å². The van der Waals surface area contributed by atoms with Crippen molar-refractivity contribution in [3.63, 3.8) is 0 Å². The molecule has 1 aromatic carbocycles. The van der Waals surface area contributed by atoms with Gasteiger partial charge in [-0.2, -0.15) is 0 Å². The van der Waals surface area contributed by atoms with Gasteiger partial charge >= 0.3 is 5.97 Å². The largest absolute Gasteiger partial charge is 0.497 e. The van der Waals surface area contributed by atoms with Crippen LogP contribution in [0.5, 0.6) is 5.75 Å². The van der Waals surface area contributed by atoms with Crippen LogP contribution in [0.15, 0.2) is 24.3 Å². The van der Waals surface area contributed by atoms with Crippen LogP contribution in [0.4, 0.5) is 5.69 Å². The van der Waals surface area contributed by atoms with Crippen LogP contribution in [0.2, 0.25) is 0 Å². The fourth-order valence-electron chi connectivity index (χ4n) is 1.07. The molecule has 0 fully saturated rings. The topological polar surface area (TPSA) is 58.6 Å². The van der Waals surface area contributed by atoms with Gasteiger partial charge in [0.05, 0.1) is 13.0 Å². The Morgan fingerprint density at radius 2 is 2.07 bits per heavy atom. The highest BCUT2D eigenvalue weighted by atomic mass is 16.5. The van der Waals surface area contributed by atoms with Crippen molar-refractivity contribution >= 4 is 11.7 Å². The van der Waals surface area contributed by atoms with Gasteiger partial charge in [0.1, 0.15) is 5.75 Å². The van der Waals surface area contributed by atoms with E-state index in [0.29, 0.717) is 6.54 Å². The zero-order valence-corrected chi connectivity index (χ0v) is 8.86. The van der Waals surface area contributed by atoms with Gasteiger partial charge in [0.25, 0.3) is 0 Å². The molecule has 15 heavy (non-hydrogen) atoms. The Hall–Kier alpha value is -1.71. The molecule has 0 saturated carbocycles. The Morgan fingerprint density at radius 1 is 1.47 bits per heavy atom. The van der Waals surface area contributed by atoms with Crippen LogP contribution >= 0.6 is 0 Å². The van der Waals surface area contributed by atoms with E-state index in [1.807, 2.05) is 24.3 Å². The highest BCUT2D eigenvalue weighted by Gasteiger charge is 2.09. The van der Waals surface area contributed by atoms with Gasteiger partial charge in [0.2, 0.25) is 0 Å². The van der Waals surface area contributed by atoms with Crippen molar-refractivity contribution in [3.05, 3.63) is 24.3 Å². The lowest BCUT2D eigenvalue weighted by Crippen LogP contribution is -2.19. The number of nitrogens with one attached hydrogen (secondary N) is 1. The van der Waals surface area contributed by atoms with Crippen molar-refractivity contribution < 1.29 is 14.6 Å². The summed E-state index contributed by atoms with van der Waals surface area (Å²) >= 11 is 0. The molecule has 0 amide bonds. The highest BCUT2D eigenvalue weighted by molar-refractivity contribution is 5.70. The quantitative estimate of drug-likeness (QED) is 0.776. The molecule has 1 atom stereocenters. The number of methoxy groups -OCH3 is 1. The van der Waals surface area contributed by atoms with Gasteiger partial charge in [-0.3, -0.25) is 4.79 Å². The lowest BCUT2D eigenvalue weighted by atomic mass is 10.2. The molecular weight excluding hydrogens is 194 g/mol. The number of carbonyl (C=O) groups is 1. The first-order valence-corrected chi connectivity index (χ1v) is 4.74. The molecule has 0 aromatic heterocycles. The Balaban J connectivity index is 2.47. The number of benzene rings is 1. The summed E-state index contributed by atoms with van der Waals surface area (Å²) in [6.45, 7) is 2.08. The molecule has 0 radical (unpaired) electrons. The standard InChI is InChI=1S/C11H15NO3/c1-8(11(13)14)7-12-9-3-5-10(15-2)6-4-9/h3-6,8,12H,7H2,1-2H3,(H,13,14). The van der Waals surface area contributed by atoms with Crippen molar-refractivity contribution in [3.8, 4) is 5.75 Å². The predicted octanol–water partition coefficient (Wildman–Crippen LogP) is 1.83. The molecule has 0 aliphatic carbocycles. The number of carboxylic acid groups (broad SMARTS) is 1. The average molecular weight is 209 g/mol. The van der Waals surface area contributed by atoms with E-state index in [-0.39, 0.29) is 0 Å². The maximum absolute atomic E-state index is 10.6. The third-order valence-corrected chi connectivity index (χ3v) is 2.12. The molecule has 1 unspecified atom stereocenters. The van der Waals surface area contributed by atoms with Crippen LogP contribution in [0, 0.1) is 5.92 Å². The molecule has 0 spiro atoms. The van der Waals surface area contributed by atoms with Crippen molar-refractivity contribution in [1.29, 1.82) is 0 Å². The van der Waals surface area contributed by atoms with Crippen molar-refractivity contribution in [2.75, 3.05) is 19.0 Å². The second kappa shape index (κ2) is 5.24. The van der Waals surface area contributed by atoms with E-state index in [9.17, 15) is 4.79 Å². The van der Waals surface area contributed by atoms with Crippen LogP contribution in [0.3, 0.4) is 0 Å². The molecule has 82 valence electrons. The number of anilines is 1. The molecule has 4 nitrogen and oxygen atoms in total. The minimum Gasteiger partial charge on any atom is -0.497 e. The highest BCUT2D eigenvalue weighted by Crippen LogP contribution is 2.15. The first-order chi connectivity index (χ1) is 7.13. The monoisotopic (exact) mass is 209 g/mol. The fourth-order valence-corrected chi connectivity index (χ4v) is 1.07. The second-order valence-electron chi connectivity index (χ2n) is 3.35. The molecule has 0 bridgehead atoms. The summed E-state index contributed by atoms with van der Waals surface area (Å²) in [5, 5.41) is 11.7. The predicted molar refractivity (Wildman–Crippen MR) is 58.3 cm³/mol. The lowest BCUT2D eigenvalue weighted by molar-refractivity contribution is -0.140. The SMILES string of the molecule is COc1ccc(NCC(C)C(=O)O)cc1. The number of hydrogen-bond donors (Lipinski definition) is 2. The molecule has 1 aromatic rings. The second-order valence-corrected chi connectivity index (χ2v) is 3.35. The molecule has 0 aliphatic rings. The summed E-state index contributed by atoms with van der Waals surface area (Å²) < 4.78 is 5.01. The summed E-state index contributed by atoms with van der Waals surface area (Å²) in [5.74, 6) is -0.407. The molecule has 4 heteroatoms. The maximum atomic E-state index is 10.6. The van der Waals surface area contributed by atoms with Gasteiger partial charge in [0.15, 0.2) is 0 Å². The Kier molecular flexibility index (Phi) is 3.97. The smallest absolute Gasteiger partial charge is 0.308 e. The Labute approximate surface area is 88.9 Å². The summed E-state index contributed by atoms with van der Waals surface area (Å²) in [6.07, 6.45) is 0. The third kappa shape index (κ3) is 3.50. The number of rotatable bonds is 5. The van der Waals surface area contributed by atoms with Crippen molar-refractivity contribution in [1.82, 2.24) is 0 Å². The first-order valence-electron chi connectivity index (χ1n) is 4.74. The number of aliphatic carboxylic acids is 1. The first kappa shape index (κ1) is 11.4. The minimum absolute atomic E-state index is 0.396. The van der Waals surface area contributed by atoms with Crippen LogP contribution < -0.4 is 10.1 Å². The van der Waals surface area contributed by atoms with Gasteiger partial charge in [-0.1, -0.05) is 6.92 Å². The Morgan fingerprint density at radius 3 is 2.53 bits per heavy atom. The zero-order chi connectivity index (χ0) is 11.3. The number of carboxylic acids is 1. The summed E-state index contributed by atoms with van der Waals surface area (Å²) in [5.41, 5.74) is 0.893. The molecule has 0 heterocycles. The zero-order valence-electron chi connectivity index (χ0n) is 8.86. The van der Waals surface area contributed by atoms with E-state index in [1.54, 1.807) is 14.0 Å². The number of hydrogen-bond acceptors (Lipinski definition) is 3. The van der Waals surface area contributed by atoms with E-state index < -0.39 is 11.9 Å². The van der Waals surface area contributed by atoms with Crippen LogP contribution in [0.1, 0.15) is 6.92 Å². The summed E-state index contributed by atoms with van der Waals surface area (Å²) in [7, 11) is 1.61. The van der Waals surface area contributed by atoms with Crippen molar-refractivity contribution in [2.24, 2.45) is 5.92 Å². The summed E-state index contributed by atoms with van der Waals surface area (Å²) in [4.78, 5) is 10.6. The van der Waals surface area contributed by atoms with Gasteiger partial charge in [-0.15, -0.1) is 0 Å².